The molecule has 5 heteroatoms. The molecule has 0 aliphatic rings. The van der Waals surface area contributed by atoms with Crippen LogP contribution in [-0.4, -0.2) is 17.6 Å². The summed E-state index contributed by atoms with van der Waals surface area (Å²) < 4.78 is 13.5. The van der Waals surface area contributed by atoms with Crippen LogP contribution in [0.4, 0.5) is 15.8 Å². The molecule has 0 saturated carbocycles. The average molecular weight is 287 g/mol. The van der Waals surface area contributed by atoms with Crippen molar-refractivity contribution in [2.45, 2.75) is 13.8 Å². The maximum Gasteiger partial charge on any atom is 0.172 e. The van der Waals surface area contributed by atoms with Gasteiger partial charge in [0.05, 0.1) is 5.69 Å². The molecule has 4 nitrogen and oxygen atoms in total. The SMILES string of the molecule is CCN(c1ccc(C)cc1)c1ccc(F)cc1C(N)=NO. The van der Waals surface area contributed by atoms with Crippen molar-refractivity contribution in [2.24, 2.45) is 10.9 Å². The van der Waals surface area contributed by atoms with E-state index in [1.165, 1.54) is 12.1 Å². The lowest BCUT2D eigenvalue weighted by Gasteiger charge is -2.25. The molecule has 2 aromatic carbocycles. The summed E-state index contributed by atoms with van der Waals surface area (Å²) in [5.74, 6) is -0.546. The summed E-state index contributed by atoms with van der Waals surface area (Å²) in [7, 11) is 0. The van der Waals surface area contributed by atoms with E-state index in [9.17, 15) is 4.39 Å². The summed E-state index contributed by atoms with van der Waals surface area (Å²) in [6.45, 7) is 4.67. The summed E-state index contributed by atoms with van der Waals surface area (Å²) in [5, 5.41) is 11.9. The van der Waals surface area contributed by atoms with Crippen molar-refractivity contribution in [1.29, 1.82) is 0 Å². The highest BCUT2D eigenvalue weighted by molar-refractivity contribution is 6.03. The van der Waals surface area contributed by atoms with Crippen molar-refractivity contribution in [3.8, 4) is 0 Å². The van der Waals surface area contributed by atoms with Crippen molar-refractivity contribution < 1.29 is 9.60 Å². The Bertz CT molecular complexity index is 653. The molecule has 0 fully saturated rings. The van der Waals surface area contributed by atoms with Gasteiger partial charge in [0.1, 0.15) is 5.82 Å². The molecule has 0 radical (unpaired) electrons. The molecule has 2 rings (SSSR count). The number of benzene rings is 2. The fourth-order valence-corrected chi connectivity index (χ4v) is 2.22. The number of rotatable bonds is 4. The lowest BCUT2D eigenvalue weighted by Crippen LogP contribution is -2.22. The van der Waals surface area contributed by atoms with Gasteiger partial charge in [-0.25, -0.2) is 4.39 Å². The van der Waals surface area contributed by atoms with Crippen LogP contribution in [-0.2, 0) is 0 Å². The zero-order chi connectivity index (χ0) is 15.4. The minimum atomic E-state index is -0.430. The zero-order valence-electron chi connectivity index (χ0n) is 12.0. The van der Waals surface area contributed by atoms with Crippen molar-refractivity contribution in [3.63, 3.8) is 0 Å². The zero-order valence-corrected chi connectivity index (χ0v) is 12.0. The molecule has 3 N–H and O–H groups in total. The maximum absolute atomic E-state index is 13.5. The van der Waals surface area contributed by atoms with Crippen molar-refractivity contribution in [2.75, 3.05) is 11.4 Å². The van der Waals surface area contributed by atoms with E-state index < -0.39 is 5.82 Å². The van der Waals surface area contributed by atoms with Gasteiger partial charge in [0.25, 0.3) is 0 Å². The van der Waals surface area contributed by atoms with Gasteiger partial charge < -0.3 is 15.8 Å². The third-order valence-electron chi connectivity index (χ3n) is 3.29. The molecule has 0 spiro atoms. The highest BCUT2D eigenvalue weighted by atomic mass is 19.1. The molecule has 0 aliphatic heterocycles. The van der Waals surface area contributed by atoms with Crippen molar-refractivity contribution >= 4 is 17.2 Å². The molecule has 0 aliphatic carbocycles. The van der Waals surface area contributed by atoms with E-state index in [-0.39, 0.29) is 5.84 Å². The molecule has 0 aromatic heterocycles. The summed E-state index contributed by atoms with van der Waals surface area (Å²) >= 11 is 0. The Labute approximate surface area is 123 Å². The largest absolute Gasteiger partial charge is 0.409 e. The number of hydrogen-bond donors (Lipinski definition) is 2. The highest BCUT2D eigenvalue weighted by Crippen LogP contribution is 2.29. The van der Waals surface area contributed by atoms with E-state index >= 15 is 0 Å². The van der Waals surface area contributed by atoms with Crippen molar-refractivity contribution in [1.82, 2.24) is 0 Å². The topological polar surface area (TPSA) is 61.8 Å². The summed E-state index contributed by atoms with van der Waals surface area (Å²) in [4.78, 5) is 1.98. The molecule has 2 aromatic rings. The number of halogens is 1. The lowest BCUT2D eigenvalue weighted by molar-refractivity contribution is 0.318. The van der Waals surface area contributed by atoms with Gasteiger partial charge in [-0.15, -0.1) is 0 Å². The number of oxime groups is 1. The Kier molecular flexibility index (Phi) is 4.42. The number of anilines is 2. The Hall–Kier alpha value is -2.56. The predicted molar refractivity (Wildman–Crippen MR) is 82.8 cm³/mol. The molecule has 0 heterocycles. The molecule has 21 heavy (non-hydrogen) atoms. The monoisotopic (exact) mass is 287 g/mol. The second-order valence-electron chi connectivity index (χ2n) is 4.73. The van der Waals surface area contributed by atoms with Gasteiger partial charge >= 0.3 is 0 Å². The second kappa shape index (κ2) is 6.26. The Morgan fingerprint density at radius 1 is 1.24 bits per heavy atom. The standard InChI is InChI=1S/C16H18FN3O/c1-3-20(13-7-4-11(2)5-8-13)15-9-6-12(17)10-14(15)16(18)19-21/h4-10,21H,3H2,1-2H3,(H2,18,19). The number of nitrogens with two attached hydrogens (primary N) is 1. The van der Waals surface area contributed by atoms with Crippen LogP contribution in [0.2, 0.25) is 0 Å². The van der Waals surface area contributed by atoms with E-state index in [1.807, 2.05) is 43.0 Å². The molecular weight excluding hydrogens is 269 g/mol. The van der Waals surface area contributed by atoms with Crippen LogP contribution >= 0.6 is 0 Å². The molecule has 0 bridgehead atoms. The number of hydrogen-bond acceptors (Lipinski definition) is 3. The fraction of sp³-hybridized carbons (Fsp3) is 0.188. The third-order valence-corrected chi connectivity index (χ3v) is 3.29. The van der Waals surface area contributed by atoms with Crippen molar-refractivity contribution in [3.05, 3.63) is 59.4 Å². The first-order valence-electron chi connectivity index (χ1n) is 6.68. The molecule has 110 valence electrons. The smallest absolute Gasteiger partial charge is 0.172 e. The van der Waals surface area contributed by atoms with Crippen LogP contribution < -0.4 is 10.6 Å². The molecule has 0 atom stereocenters. The van der Waals surface area contributed by atoms with Gasteiger partial charge in [-0.1, -0.05) is 22.9 Å². The Morgan fingerprint density at radius 2 is 1.90 bits per heavy atom. The van der Waals surface area contributed by atoms with Gasteiger partial charge in [0.2, 0.25) is 0 Å². The first-order valence-corrected chi connectivity index (χ1v) is 6.68. The van der Waals surface area contributed by atoms with Gasteiger partial charge in [0.15, 0.2) is 5.84 Å². The van der Waals surface area contributed by atoms with Gasteiger partial charge in [-0.2, -0.15) is 0 Å². The summed E-state index contributed by atoms with van der Waals surface area (Å²) in [6.07, 6.45) is 0. The normalized spacial score (nSPS) is 11.5. The second-order valence-corrected chi connectivity index (χ2v) is 4.73. The number of aryl methyl sites for hydroxylation is 1. The van der Waals surface area contributed by atoms with Gasteiger partial charge in [-0.05, 0) is 44.2 Å². The van der Waals surface area contributed by atoms with Crippen LogP contribution in [0, 0.1) is 12.7 Å². The van der Waals surface area contributed by atoms with Crippen LogP contribution in [0.3, 0.4) is 0 Å². The first kappa shape index (κ1) is 14.8. The van der Waals surface area contributed by atoms with Crippen LogP contribution in [0.1, 0.15) is 18.1 Å². The van der Waals surface area contributed by atoms with Crippen LogP contribution in [0.25, 0.3) is 0 Å². The highest BCUT2D eigenvalue weighted by Gasteiger charge is 2.15. The van der Waals surface area contributed by atoms with Crippen LogP contribution in [0.15, 0.2) is 47.6 Å². The minimum absolute atomic E-state index is 0.116. The Balaban J connectivity index is 2.54. The van der Waals surface area contributed by atoms with E-state index in [1.54, 1.807) is 6.07 Å². The quantitative estimate of drug-likeness (QED) is 0.392. The molecule has 0 amide bonds. The molecule has 0 saturated heterocycles. The summed E-state index contributed by atoms with van der Waals surface area (Å²) in [6, 6.07) is 12.2. The summed E-state index contributed by atoms with van der Waals surface area (Å²) in [5.41, 5.74) is 8.84. The molecule has 0 unspecified atom stereocenters. The molecular formula is C16H18FN3O. The third kappa shape index (κ3) is 3.13. The van der Waals surface area contributed by atoms with E-state index in [4.69, 9.17) is 10.9 Å². The lowest BCUT2D eigenvalue weighted by atomic mass is 10.1. The fourth-order valence-electron chi connectivity index (χ4n) is 2.22. The van der Waals surface area contributed by atoms with E-state index in [0.29, 0.717) is 17.8 Å². The van der Waals surface area contributed by atoms with E-state index in [2.05, 4.69) is 5.16 Å². The van der Waals surface area contributed by atoms with Gasteiger partial charge in [-0.3, -0.25) is 0 Å². The van der Waals surface area contributed by atoms with Crippen LogP contribution in [0.5, 0.6) is 0 Å². The van der Waals surface area contributed by atoms with Gasteiger partial charge in [0, 0.05) is 17.8 Å². The number of amidine groups is 1. The van der Waals surface area contributed by atoms with E-state index in [0.717, 1.165) is 11.3 Å². The minimum Gasteiger partial charge on any atom is -0.409 e. The average Bonchev–Trinajstić information content (AvgIpc) is 2.50. The maximum atomic E-state index is 13.5. The predicted octanol–water partition coefficient (Wildman–Crippen LogP) is 3.39. The first-order chi connectivity index (χ1) is 10.1. The number of nitrogens with zero attached hydrogens (tertiary/aromatic N) is 2. The Morgan fingerprint density at radius 3 is 2.48 bits per heavy atom.